The normalized spacial score (nSPS) is 15.8. The molecule has 522 valence electrons. The van der Waals surface area contributed by atoms with Gasteiger partial charge in [0.15, 0.2) is 11.2 Å². The lowest BCUT2D eigenvalue weighted by Gasteiger charge is -2.45. The molecule has 0 saturated heterocycles. The zero-order valence-electron chi connectivity index (χ0n) is 82.2. The first-order valence-electron chi connectivity index (χ1n) is 47.2. The smallest absolute Gasteiger partial charge is 0.252 e. The zero-order valence-corrected chi connectivity index (χ0v) is 61.2. The number of rotatable bonds is 8. The summed E-state index contributed by atoms with van der Waals surface area (Å²) in [4.78, 5) is 4.08. The summed E-state index contributed by atoms with van der Waals surface area (Å²) < 4.78 is 213. The molecule has 4 aromatic heterocycles. The Balaban J connectivity index is 0.964. The molecule has 6 nitrogen and oxygen atoms in total. The molecular weight excluding hydrogens is 1320 g/mol. The Morgan fingerprint density at radius 1 is 0.284 bits per heavy atom. The van der Waals surface area contributed by atoms with Crippen LogP contribution in [0.5, 0.6) is 0 Å². The maximum Gasteiger partial charge on any atom is 0.252 e. The summed E-state index contributed by atoms with van der Waals surface area (Å²) >= 11 is 0. The van der Waals surface area contributed by atoms with Gasteiger partial charge in [-0.3, -0.25) is 0 Å². The van der Waals surface area contributed by atoms with Crippen molar-refractivity contribution in [2.24, 2.45) is 0 Å². The van der Waals surface area contributed by atoms with Gasteiger partial charge in [0.25, 0.3) is 6.71 Å². The molecule has 2 aliphatic heterocycles. The fourth-order valence-corrected chi connectivity index (χ4v) is 17.0. The molecule has 0 saturated carbocycles. The molecule has 0 fully saturated rings. The number of nitrogens with zero attached hydrogens (tertiary/aromatic N) is 5. The number of furan rings is 1. The first-order chi connectivity index (χ1) is 61.7. The van der Waals surface area contributed by atoms with Gasteiger partial charge in [-0.1, -0.05) is 274 Å². The molecule has 0 N–H and O–H groups in total. The van der Waals surface area contributed by atoms with E-state index in [4.69, 9.17) is 11.3 Å². The summed E-state index contributed by atoms with van der Waals surface area (Å²) in [5.74, 6) is 0. The summed E-state index contributed by atoms with van der Waals surface area (Å²) in [7, 11) is 0. The van der Waals surface area contributed by atoms with Crippen molar-refractivity contribution >= 4 is 145 Å². The van der Waals surface area contributed by atoms with E-state index in [-0.39, 0.29) is 76.9 Å². The van der Waals surface area contributed by atoms with Crippen LogP contribution in [0, 0.1) is 0 Å². The molecule has 0 atom stereocenters. The van der Waals surface area contributed by atoms with Crippen LogP contribution < -0.4 is 26.2 Å². The Kier molecular flexibility index (Phi) is 10.1. The Bertz CT molecular complexity index is 8030. The van der Waals surface area contributed by atoms with Crippen molar-refractivity contribution in [3.63, 3.8) is 0 Å². The van der Waals surface area contributed by atoms with Crippen LogP contribution in [0.3, 0.4) is 0 Å². The maximum absolute atomic E-state index is 10.1. The molecule has 0 spiro atoms. The van der Waals surface area contributed by atoms with E-state index in [0.717, 1.165) is 55.0 Å². The Hall–Kier alpha value is -12.8. The van der Waals surface area contributed by atoms with Gasteiger partial charge in [-0.2, -0.15) is 0 Å². The minimum Gasteiger partial charge on any atom is -0.452 e. The highest BCUT2D eigenvalue weighted by molar-refractivity contribution is 7.00. The summed E-state index contributed by atoms with van der Waals surface area (Å²) in [5.41, 5.74) is 12.3. The number of fused-ring (bicyclic) bond motifs is 16. The van der Waals surface area contributed by atoms with Gasteiger partial charge in [-0.25, -0.2) is 0 Å². The predicted molar refractivity (Wildman–Crippen MR) is 463 cm³/mol. The molecule has 0 radical (unpaired) electrons. The molecule has 0 bridgehead atoms. The highest BCUT2D eigenvalue weighted by Crippen LogP contribution is 2.55. The number of hydrogen-bond acceptors (Lipinski definition) is 3. The van der Waals surface area contributed by atoms with Gasteiger partial charge >= 0.3 is 0 Å². The number of anilines is 6. The van der Waals surface area contributed by atoms with E-state index in [1.54, 1.807) is 24.3 Å². The zero-order chi connectivity index (χ0) is 91.8. The number of hydrogen-bond donors (Lipinski definition) is 0. The molecule has 2 aliphatic rings. The Morgan fingerprint density at radius 3 is 1.17 bits per heavy atom. The molecule has 0 amide bonds. The first kappa shape index (κ1) is 46.3. The topological polar surface area (TPSA) is 34.4 Å². The van der Waals surface area contributed by atoms with Crippen LogP contribution in [0.4, 0.5) is 34.1 Å². The lowest BCUT2D eigenvalue weighted by Crippen LogP contribution is -2.61. The second kappa shape index (κ2) is 23.8. The molecule has 0 unspecified atom stereocenters. The quantitative estimate of drug-likeness (QED) is 0.142. The molecular formula is C102H80BN5O. The maximum atomic E-state index is 10.1. The second-order valence-corrected chi connectivity index (χ2v) is 31.7. The molecule has 0 aliphatic carbocycles. The molecule has 7 heteroatoms. The van der Waals surface area contributed by atoms with Crippen LogP contribution in [0.15, 0.2) is 325 Å². The minimum atomic E-state index is -1.01. The van der Waals surface area contributed by atoms with Crippen LogP contribution in [-0.2, 0) is 16.2 Å². The van der Waals surface area contributed by atoms with Gasteiger partial charge in [-0.05, 0) is 181 Å². The van der Waals surface area contributed by atoms with Crippen LogP contribution in [0.1, 0.15) is 108 Å². The predicted octanol–water partition coefficient (Wildman–Crippen LogP) is 25.9. The fraction of sp³-hybridized carbons (Fsp3) is 0.118. The van der Waals surface area contributed by atoms with E-state index < -0.39 is 139 Å². The van der Waals surface area contributed by atoms with Crippen molar-refractivity contribution in [3.05, 3.63) is 338 Å². The van der Waals surface area contributed by atoms with Gasteiger partial charge in [0.1, 0.15) is 0 Å². The van der Waals surface area contributed by atoms with Crippen LogP contribution in [0.25, 0.3) is 138 Å². The number of aromatic nitrogens is 3. The Labute approximate surface area is 665 Å². The summed E-state index contributed by atoms with van der Waals surface area (Å²) in [6.07, 6.45) is 0. The minimum absolute atomic E-state index is 0.117. The third-order valence-electron chi connectivity index (χ3n) is 22.2. The highest BCUT2D eigenvalue weighted by Gasteiger charge is 2.46. The largest absolute Gasteiger partial charge is 0.452 e. The lowest BCUT2D eigenvalue weighted by atomic mass is 9.33. The van der Waals surface area contributed by atoms with E-state index in [2.05, 4.69) is 120 Å². The molecule has 6 heterocycles. The third kappa shape index (κ3) is 9.88. The summed E-state index contributed by atoms with van der Waals surface area (Å²) in [6, 6.07) is 51.2. The highest BCUT2D eigenvalue weighted by atomic mass is 16.3. The molecule has 109 heavy (non-hydrogen) atoms. The van der Waals surface area contributed by atoms with E-state index >= 15 is 0 Å². The van der Waals surface area contributed by atoms with Gasteiger partial charge in [0, 0.05) is 88.3 Å². The van der Waals surface area contributed by atoms with Gasteiger partial charge in [-0.15, -0.1) is 0 Å². The van der Waals surface area contributed by atoms with Gasteiger partial charge in [0.2, 0.25) is 0 Å². The van der Waals surface area contributed by atoms with Crippen molar-refractivity contribution in [2.75, 3.05) is 9.80 Å². The fourth-order valence-electron chi connectivity index (χ4n) is 17.0. The average molecular weight is 1420 g/mol. The number of para-hydroxylation sites is 6. The van der Waals surface area contributed by atoms with Crippen LogP contribution in [0.2, 0.25) is 0 Å². The summed E-state index contributed by atoms with van der Waals surface area (Å²) in [5, 5.41) is 2.81. The summed E-state index contributed by atoms with van der Waals surface area (Å²) in [6.45, 7) is 18.6. The van der Waals surface area contributed by atoms with Gasteiger partial charge < -0.3 is 27.9 Å². The van der Waals surface area contributed by atoms with Crippen molar-refractivity contribution in [2.45, 2.75) is 78.6 Å². The second-order valence-electron chi connectivity index (χ2n) is 31.7. The standard InChI is InChI=1S/C102H80BN5O/c1-100(2,3)67-47-53-88-80(57-67)81-58-68(101(4,5)6)48-54-89(81)106(88)90-45-27-39-76-77-40-28-46-91(99(77)109-98(76)90)107-92-61-70(104-84-41-23-19-35-72(84)73-36-20-24-42-85(73)104)49-51-82(92)103-83-52-50-71(105-86-43-25-21-37-74(86)75-38-22-26-44-87(75)105)62-93(83)108(95-56-66(55-94(107)96(95)103)63-29-13-10-14-30-63)97-78(64-31-15-11-16-32-64)59-69(102(7,8)9)60-79(97)65-33-17-12-18-34-65/h10-62H,1-9H3/i10D,13D,14D,19D,20D,21D,22D,23D,24D,25D,26D,29D,30D,35D,36D,37D,38D,41D,42D,43D,44D. The van der Waals surface area contributed by atoms with Crippen molar-refractivity contribution in [1.82, 2.24) is 13.7 Å². The third-order valence-corrected chi connectivity index (χ3v) is 22.2. The van der Waals surface area contributed by atoms with Crippen LogP contribution >= 0.6 is 0 Å². The van der Waals surface area contributed by atoms with Crippen molar-refractivity contribution in [3.8, 4) is 50.4 Å². The Morgan fingerprint density at radius 2 is 0.706 bits per heavy atom. The average Bonchev–Trinajstić information content (AvgIpc) is 0.925. The lowest BCUT2D eigenvalue weighted by molar-refractivity contribution is 0.590. The van der Waals surface area contributed by atoms with Crippen molar-refractivity contribution in [1.29, 1.82) is 0 Å². The first-order valence-corrected chi connectivity index (χ1v) is 36.7. The monoisotopic (exact) mass is 1420 g/mol. The van der Waals surface area contributed by atoms with E-state index in [1.807, 2.05) is 126 Å². The molecule has 19 aromatic rings. The number of benzene rings is 15. The SMILES string of the molecule is [2H]c1c([2H])c([2H])c(-c2cc3c4c(c2)N(c2cccc5c2oc2c(-n6c7ccc(C(C)(C)C)cc7c7cc(C(C)(C)C)ccc76)cccc25)c2cc(-n5c6c([2H])c([2H])c([2H])c([2H])c6c6c([2H])c([2H])c([2H])c([2H])c65)ccc2B4c2ccc(-n4c5c([2H])c([2H])c([2H])c([2H])c5c5c([2H])c([2H])c([2H])c([2H])c54)cc2N3c2c(-c3ccccc3)cc(C(C)(C)C)cc2-c2ccccc2)c([2H])c1[2H]. The molecule has 21 rings (SSSR count). The molecule has 15 aromatic carbocycles. The van der Waals surface area contributed by atoms with Crippen molar-refractivity contribution < 1.29 is 33.2 Å². The van der Waals surface area contributed by atoms with E-state index in [1.165, 1.54) is 9.13 Å². The van der Waals surface area contributed by atoms with Gasteiger partial charge in [0.05, 0.1) is 78.9 Å². The van der Waals surface area contributed by atoms with E-state index in [0.29, 0.717) is 83.9 Å². The van der Waals surface area contributed by atoms with Crippen LogP contribution in [-0.4, -0.2) is 20.4 Å². The van der Waals surface area contributed by atoms with E-state index in [9.17, 15) is 21.9 Å².